The van der Waals surface area contributed by atoms with Gasteiger partial charge in [0.15, 0.2) is 0 Å². The van der Waals surface area contributed by atoms with Crippen LogP contribution in [0.1, 0.15) is 35.7 Å². The summed E-state index contributed by atoms with van der Waals surface area (Å²) < 4.78 is 1.05. The van der Waals surface area contributed by atoms with Gasteiger partial charge in [-0.25, -0.2) is 0 Å². The Labute approximate surface area is 134 Å². The number of amides is 1. The Kier molecular flexibility index (Phi) is 6.56. The molecule has 2 N–H and O–H groups in total. The summed E-state index contributed by atoms with van der Waals surface area (Å²) in [6.45, 7) is 5.21. The zero-order chi connectivity index (χ0) is 13.1. The summed E-state index contributed by atoms with van der Waals surface area (Å²) >= 11 is 2.24. The highest BCUT2D eigenvalue weighted by molar-refractivity contribution is 14.1. The second kappa shape index (κ2) is 7.45. The number of benzene rings is 1. The van der Waals surface area contributed by atoms with Gasteiger partial charge in [0.2, 0.25) is 0 Å². The molecule has 3 nitrogen and oxygen atoms in total. The summed E-state index contributed by atoms with van der Waals surface area (Å²) in [7, 11) is 0. The molecule has 106 valence electrons. The minimum absolute atomic E-state index is 0. The van der Waals surface area contributed by atoms with Gasteiger partial charge in [-0.2, -0.15) is 0 Å². The summed E-state index contributed by atoms with van der Waals surface area (Å²) in [4.78, 5) is 12.3. The van der Waals surface area contributed by atoms with Crippen molar-refractivity contribution < 1.29 is 4.79 Å². The number of halogens is 2. The fraction of sp³-hybridized carbons (Fsp3) is 0.500. The minimum Gasteiger partial charge on any atom is -0.348 e. The van der Waals surface area contributed by atoms with E-state index in [2.05, 4.69) is 40.1 Å². The van der Waals surface area contributed by atoms with E-state index in [-0.39, 0.29) is 24.4 Å². The van der Waals surface area contributed by atoms with Gasteiger partial charge in [0.05, 0.1) is 5.56 Å². The molecule has 1 aromatic carbocycles. The second-order valence-electron chi connectivity index (χ2n) is 4.90. The highest BCUT2D eigenvalue weighted by Gasteiger charge is 2.23. The Morgan fingerprint density at radius 2 is 2.21 bits per heavy atom. The van der Waals surface area contributed by atoms with E-state index in [0.29, 0.717) is 6.04 Å². The van der Waals surface area contributed by atoms with E-state index in [9.17, 15) is 4.79 Å². The molecule has 1 fully saturated rings. The Morgan fingerprint density at radius 1 is 1.47 bits per heavy atom. The average Bonchev–Trinajstić information content (AvgIpc) is 2.35. The maximum Gasteiger partial charge on any atom is 0.252 e. The molecule has 0 spiro atoms. The van der Waals surface area contributed by atoms with Crippen molar-refractivity contribution in [2.45, 2.75) is 38.8 Å². The van der Waals surface area contributed by atoms with E-state index in [1.54, 1.807) is 0 Å². The van der Waals surface area contributed by atoms with Crippen LogP contribution < -0.4 is 10.6 Å². The molecule has 1 aliphatic rings. The number of hydrogen-bond acceptors (Lipinski definition) is 2. The van der Waals surface area contributed by atoms with Crippen molar-refractivity contribution in [1.82, 2.24) is 10.6 Å². The van der Waals surface area contributed by atoms with Crippen LogP contribution in [-0.4, -0.2) is 24.5 Å². The lowest BCUT2D eigenvalue weighted by Crippen LogP contribution is -2.52. The van der Waals surface area contributed by atoms with Crippen molar-refractivity contribution >= 4 is 40.9 Å². The highest BCUT2D eigenvalue weighted by Crippen LogP contribution is 2.17. The molecule has 0 saturated carbocycles. The average molecular weight is 395 g/mol. The molecular weight excluding hydrogens is 375 g/mol. The van der Waals surface area contributed by atoms with Gasteiger partial charge in [-0.05, 0) is 67.5 Å². The van der Waals surface area contributed by atoms with Gasteiger partial charge in [-0.3, -0.25) is 4.79 Å². The molecule has 1 saturated heterocycles. The number of rotatable bonds is 2. The van der Waals surface area contributed by atoms with Crippen LogP contribution in [0.4, 0.5) is 0 Å². The minimum atomic E-state index is 0. The topological polar surface area (TPSA) is 41.1 Å². The van der Waals surface area contributed by atoms with Crippen LogP contribution in [0.3, 0.4) is 0 Å². The van der Waals surface area contributed by atoms with Crippen LogP contribution in [-0.2, 0) is 0 Å². The molecule has 2 rings (SSSR count). The molecule has 1 aliphatic heterocycles. The van der Waals surface area contributed by atoms with Crippen molar-refractivity contribution in [2.75, 3.05) is 6.54 Å². The molecule has 0 bridgehead atoms. The fourth-order valence-electron chi connectivity index (χ4n) is 2.31. The summed E-state index contributed by atoms with van der Waals surface area (Å²) in [5.74, 6) is 0.0450. The van der Waals surface area contributed by atoms with Crippen LogP contribution in [0.5, 0.6) is 0 Å². The van der Waals surface area contributed by atoms with E-state index < -0.39 is 0 Å². The summed E-state index contributed by atoms with van der Waals surface area (Å²) in [5.41, 5.74) is 1.94. The Morgan fingerprint density at radius 3 is 2.89 bits per heavy atom. The number of piperidine rings is 1. The zero-order valence-electron chi connectivity index (χ0n) is 11.2. The Balaban J connectivity index is 0.00000180. The third-order valence-electron chi connectivity index (χ3n) is 3.51. The van der Waals surface area contributed by atoms with Crippen LogP contribution in [0, 0.1) is 10.5 Å². The van der Waals surface area contributed by atoms with Crippen molar-refractivity contribution in [1.29, 1.82) is 0 Å². The van der Waals surface area contributed by atoms with Gasteiger partial charge >= 0.3 is 0 Å². The van der Waals surface area contributed by atoms with Crippen LogP contribution >= 0.6 is 35.0 Å². The third kappa shape index (κ3) is 4.07. The fourth-order valence-corrected chi connectivity index (χ4v) is 2.91. The second-order valence-corrected chi connectivity index (χ2v) is 5.98. The molecule has 2 atom stereocenters. The predicted molar refractivity (Wildman–Crippen MR) is 89.1 cm³/mol. The van der Waals surface area contributed by atoms with Gasteiger partial charge in [0, 0.05) is 15.7 Å². The first-order chi connectivity index (χ1) is 8.59. The molecule has 0 aliphatic carbocycles. The molecule has 0 aromatic heterocycles. The summed E-state index contributed by atoms with van der Waals surface area (Å²) in [6.07, 6.45) is 2.18. The monoisotopic (exact) mass is 394 g/mol. The van der Waals surface area contributed by atoms with Crippen LogP contribution in [0.15, 0.2) is 18.2 Å². The molecular formula is C14H20ClIN2O. The SMILES string of the molecule is Cc1cccc(C(=O)NC2CCCNC2C)c1I.Cl. The number of carbonyl (C=O) groups excluding carboxylic acids is 1. The number of carbonyl (C=O) groups is 1. The summed E-state index contributed by atoms with van der Waals surface area (Å²) in [5, 5.41) is 6.54. The molecule has 2 unspecified atom stereocenters. The van der Waals surface area contributed by atoms with Gasteiger partial charge in [-0.1, -0.05) is 12.1 Å². The van der Waals surface area contributed by atoms with E-state index in [0.717, 1.165) is 34.1 Å². The van der Waals surface area contributed by atoms with E-state index in [1.165, 1.54) is 0 Å². The van der Waals surface area contributed by atoms with Crippen molar-refractivity contribution in [3.63, 3.8) is 0 Å². The molecule has 0 radical (unpaired) electrons. The molecule has 19 heavy (non-hydrogen) atoms. The summed E-state index contributed by atoms with van der Waals surface area (Å²) in [6, 6.07) is 6.45. The number of hydrogen-bond donors (Lipinski definition) is 2. The zero-order valence-corrected chi connectivity index (χ0v) is 14.2. The van der Waals surface area contributed by atoms with Crippen LogP contribution in [0.2, 0.25) is 0 Å². The largest absolute Gasteiger partial charge is 0.348 e. The number of aryl methyl sites for hydroxylation is 1. The van der Waals surface area contributed by atoms with Crippen molar-refractivity contribution in [3.05, 3.63) is 32.9 Å². The normalized spacial score (nSPS) is 22.5. The molecule has 5 heteroatoms. The molecule has 1 aromatic rings. The van der Waals surface area contributed by atoms with Gasteiger partial charge < -0.3 is 10.6 Å². The van der Waals surface area contributed by atoms with E-state index in [1.807, 2.05) is 25.1 Å². The maximum absolute atomic E-state index is 12.3. The first-order valence-corrected chi connectivity index (χ1v) is 7.47. The quantitative estimate of drug-likeness (QED) is 0.757. The lowest BCUT2D eigenvalue weighted by Gasteiger charge is -2.30. The van der Waals surface area contributed by atoms with Crippen molar-refractivity contribution in [2.24, 2.45) is 0 Å². The first kappa shape index (κ1) is 16.7. The van der Waals surface area contributed by atoms with E-state index in [4.69, 9.17) is 0 Å². The van der Waals surface area contributed by atoms with Crippen molar-refractivity contribution in [3.8, 4) is 0 Å². The number of nitrogens with one attached hydrogen (secondary N) is 2. The standard InChI is InChI=1S/C14H19IN2O.ClH/c1-9-5-3-6-11(13(9)15)14(18)17-12-7-4-8-16-10(12)2;/h3,5-6,10,12,16H,4,7-8H2,1-2H3,(H,17,18);1H. The predicted octanol–water partition coefficient (Wildman–Crippen LogP) is 2.89. The molecule has 1 heterocycles. The Hall–Kier alpha value is -0.330. The lowest BCUT2D eigenvalue weighted by atomic mass is 9.99. The maximum atomic E-state index is 12.3. The third-order valence-corrected chi connectivity index (χ3v) is 4.95. The Bertz CT molecular complexity index is 453. The lowest BCUT2D eigenvalue weighted by molar-refractivity contribution is 0.0919. The smallest absolute Gasteiger partial charge is 0.252 e. The van der Waals surface area contributed by atoms with Gasteiger partial charge in [-0.15, -0.1) is 12.4 Å². The first-order valence-electron chi connectivity index (χ1n) is 6.39. The van der Waals surface area contributed by atoms with Gasteiger partial charge in [0.25, 0.3) is 5.91 Å². The van der Waals surface area contributed by atoms with Crippen LogP contribution in [0.25, 0.3) is 0 Å². The van der Waals surface area contributed by atoms with E-state index >= 15 is 0 Å². The molecule has 1 amide bonds. The van der Waals surface area contributed by atoms with Gasteiger partial charge in [0.1, 0.15) is 0 Å². The highest BCUT2D eigenvalue weighted by atomic mass is 127.